The first-order chi connectivity index (χ1) is 6.86. The molecule has 0 saturated carbocycles. The summed E-state index contributed by atoms with van der Waals surface area (Å²) in [4.78, 5) is 0. The lowest BCUT2D eigenvalue weighted by Gasteiger charge is -2.04. The number of hydrogen-bond donors (Lipinski definition) is 0. The van der Waals surface area contributed by atoms with E-state index in [0.717, 1.165) is 12.2 Å². The Morgan fingerprint density at radius 2 is 2.00 bits per heavy atom. The normalized spacial score (nSPS) is 11.4. The highest BCUT2D eigenvalue weighted by atomic mass is 16.5. The van der Waals surface area contributed by atoms with E-state index >= 15 is 0 Å². The highest BCUT2D eigenvalue weighted by Gasteiger charge is 1.95. The van der Waals surface area contributed by atoms with Crippen molar-refractivity contribution in [3.8, 4) is 0 Å². The lowest BCUT2D eigenvalue weighted by atomic mass is 10.1. The van der Waals surface area contributed by atoms with E-state index in [-0.39, 0.29) is 0 Å². The predicted octanol–water partition coefficient (Wildman–Crippen LogP) is 3.86. The average molecular weight is 190 g/mol. The third kappa shape index (κ3) is 3.65. The number of allylic oxidation sites excluding steroid dienone is 1. The van der Waals surface area contributed by atoms with E-state index in [0.29, 0.717) is 0 Å². The second-order valence-corrected chi connectivity index (χ2v) is 3.33. The molecule has 0 aromatic heterocycles. The van der Waals surface area contributed by atoms with Gasteiger partial charge in [-0.2, -0.15) is 0 Å². The molecule has 1 heteroatoms. The molecule has 0 heterocycles. The molecule has 1 aromatic rings. The molecule has 0 unspecified atom stereocenters. The molecule has 0 N–H and O–H groups in total. The molecule has 0 saturated heterocycles. The van der Waals surface area contributed by atoms with Crippen molar-refractivity contribution in [2.75, 3.05) is 7.11 Å². The molecule has 0 aliphatic heterocycles. The van der Waals surface area contributed by atoms with Crippen LogP contribution in [0.25, 0.3) is 6.08 Å². The van der Waals surface area contributed by atoms with Gasteiger partial charge in [0.05, 0.1) is 12.9 Å². The topological polar surface area (TPSA) is 9.23 Å². The molecular formula is C13H18O. The maximum atomic E-state index is 5.32. The Balaban J connectivity index is 2.64. The van der Waals surface area contributed by atoms with E-state index in [9.17, 15) is 0 Å². The van der Waals surface area contributed by atoms with Gasteiger partial charge in [-0.25, -0.2) is 0 Å². The van der Waals surface area contributed by atoms with Gasteiger partial charge in [0, 0.05) is 6.42 Å². The summed E-state index contributed by atoms with van der Waals surface area (Å²) in [5.74, 6) is 1.07. The summed E-state index contributed by atoms with van der Waals surface area (Å²) in [6.45, 7) is 2.19. The lowest BCUT2D eigenvalue weighted by molar-refractivity contribution is 0.279. The minimum atomic E-state index is 1.03. The van der Waals surface area contributed by atoms with Gasteiger partial charge in [-0.3, -0.25) is 0 Å². The molecule has 0 atom stereocenters. The molecular weight excluding hydrogens is 172 g/mol. The number of methoxy groups -OCH3 is 1. The van der Waals surface area contributed by atoms with Gasteiger partial charge in [-0.1, -0.05) is 43.7 Å². The van der Waals surface area contributed by atoms with E-state index in [1.807, 2.05) is 18.2 Å². The van der Waals surface area contributed by atoms with Crippen molar-refractivity contribution in [2.24, 2.45) is 0 Å². The fourth-order valence-electron chi connectivity index (χ4n) is 1.32. The summed E-state index contributed by atoms with van der Waals surface area (Å²) in [6, 6.07) is 10.3. The molecule has 0 spiro atoms. The molecule has 0 aliphatic carbocycles. The first-order valence-corrected chi connectivity index (χ1v) is 5.16. The second-order valence-electron chi connectivity index (χ2n) is 3.33. The first-order valence-electron chi connectivity index (χ1n) is 5.16. The van der Waals surface area contributed by atoms with Crippen LogP contribution in [0.3, 0.4) is 0 Å². The third-order valence-electron chi connectivity index (χ3n) is 2.17. The second kappa shape index (κ2) is 6.25. The van der Waals surface area contributed by atoms with Gasteiger partial charge in [-0.15, -0.1) is 0 Å². The van der Waals surface area contributed by atoms with Gasteiger partial charge >= 0.3 is 0 Å². The van der Waals surface area contributed by atoms with Crippen molar-refractivity contribution in [1.82, 2.24) is 0 Å². The van der Waals surface area contributed by atoms with Crippen LogP contribution in [0.4, 0.5) is 0 Å². The molecule has 0 amide bonds. The van der Waals surface area contributed by atoms with E-state index in [1.165, 1.54) is 18.4 Å². The molecule has 0 radical (unpaired) electrons. The SMILES string of the molecule is CCCCC(=Cc1ccccc1)OC. The Labute approximate surface area is 86.4 Å². The maximum Gasteiger partial charge on any atom is 0.0961 e. The largest absolute Gasteiger partial charge is 0.501 e. The average Bonchev–Trinajstić information content (AvgIpc) is 2.25. The van der Waals surface area contributed by atoms with Crippen LogP contribution in [-0.2, 0) is 4.74 Å². The van der Waals surface area contributed by atoms with Crippen LogP contribution in [-0.4, -0.2) is 7.11 Å². The van der Waals surface area contributed by atoms with E-state index < -0.39 is 0 Å². The molecule has 0 bridgehead atoms. The Bertz CT molecular complexity index is 275. The Morgan fingerprint density at radius 3 is 2.57 bits per heavy atom. The molecule has 1 rings (SSSR count). The van der Waals surface area contributed by atoms with Crippen LogP contribution in [0.2, 0.25) is 0 Å². The van der Waals surface area contributed by atoms with Crippen molar-refractivity contribution >= 4 is 6.08 Å². The highest BCUT2D eigenvalue weighted by Crippen LogP contribution is 2.12. The van der Waals surface area contributed by atoms with E-state index in [2.05, 4.69) is 25.1 Å². The van der Waals surface area contributed by atoms with Gasteiger partial charge in [0.2, 0.25) is 0 Å². The minimum Gasteiger partial charge on any atom is -0.501 e. The summed E-state index contributed by atoms with van der Waals surface area (Å²) >= 11 is 0. The summed E-state index contributed by atoms with van der Waals surface area (Å²) < 4.78 is 5.32. The van der Waals surface area contributed by atoms with Crippen molar-refractivity contribution in [1.29, 1.82) is 0 Å². The first kappa shape index (κ1) is 10.8. The fraction of sp³-hybridized carbons (Fsp3) is 0.385. The van der Waals surface area contributed by atoms with Gasteiger partial charge < -0.3 is 4.74 Å². The zero-order chi connectivity index (χ0) is 10.2. The molecule has 0 aliphatic rings. The van der Waals surface area contributed by atoms with Crippen LogP contribution in [0.15, 0.2) is 36.1 Å². The standard InChI is InChI=1S/C13H18O/c1-3-4-10-13(14-2)11-12-8-6-5-7-9-12/h5-9,11H,3-4,10H2,1-2H3. The van der Waals surface area contributed by atoms with Gasteiger partial charge in [0.1, 0.15) is 0 Å². The smallest absolute Gasteiger partial charge is 0.0961 e. The summed E-state index contributed by atoms with van der Waals surface area (Å²) in [6.07, 6.45) is 5.53. The molecule has 1 nitrogen and oxygen atoms in total. The summed E-state index contributed by atoms with van der Waals surface area (Å²) in [5.41, 5.74) is 1.21. The van der Waals surface area contributed by atoms with E-state index in [1.54, 1.807) is 7.11 Å². The molecule has 0 fully saturated rings. The number of hydrogen-bond acceptors (Lipinski definition) is 1. The fourth-order valence-corrected chi connectivity index (χ4v) is 1.32. The van der Waals surface area contributed by atoms with Crippen LogP contribution < -0.4 is 0 Å². The minimum absolute atomic E-state index is 1.03. The van der Waals surface area contributed by atoms with E-state index in [4.69, 9.17) is 4.74 Å². The number of benzene rings is 1. The Hall–Kier alpha value is -1.24. The highest BCUT2D eigenvalue weighted by molar-refractivity contribution is 5.50. The summed E-state index contributed by atoms with van der Waals surface area (Å²) in [5, 5.41) is 0. The van der Waals surface area contributed by atoms with Crippen molar-refractivity contribution in [3.05, 3.63) is 41.7 Å². The third-order valence-corrected chi connectivity index (χ3v) is 2.17. The monoisotopic (exact) mass is 190 g/mol. The number of ether oxygens (including phenoxy) is 1. The zero-order valence-corrected chi connectivity index (χ0v) is 8.99. The molecule has 76 valence electrons. The number of rotatable bonds is 5. The molecule has 14 heavy (non-hydrogen) atoms. The van der Waals surface area contributed by atoms with Crippen LogP contribution in [0.1, 0.15) is 31.7 Å². The Kier molecular flexibility index (Phi) is 4.84. The van der Waals surface area contributed by atoms with Gasteiger partial charge in [0.15, 0.2) is 0 Å². The quantitative estimate of drug-likeness (QED) is 0.640. The van der Waals surface area contributed by atoms with Crippen molar-refractivity contribution in [3.63, 3.8) is 0 Å². The summed E-state index contributed by atoms with van der Waals surface area (Å²) in [7, 11) is 1.74. The number of unbranched alkanes of at least 4 members (excludes halogenated alkanes) is 1. The van der Waals surface area contributed by atoms with Gasteiger partial charge in [0.25, 0.3) is 0 Å². The Morgan fingerprint density at radius 1 is 1.29 bits per heavy atom. The maximum absolute atomic E-state index is 5.32. The lowest BCUT2D eigenvalue weighted by Crippen LogP contribution is -1.87. The molecule has 1 aromatic carbocycles. The van der Waals surface area contributed by atoms with Crippen molar-refractivity contribution in [2.45, 2.75) is 26.2 Å². The van der Waals surface area contributed by atoms with Crippen LogP contribution in [0, 0.1) is 0 Å². The zero-order valence-electron chi connectivity index (χ0n) is 8.99. The van der Waals surface area contributed by atoms with Gasteiger partial charge in [-0.05, 0) is 18.1 Å². The van der Waals surface area contributed by atoms with Crippen molar-refractivity contribution < 1.29 is 4.74 Å². The van der Waals surface area contributed by atoms with Crippen LogP contribution in [0.5, 0.6) is 0 Å². The van der Waals surface area contributed by atoms with Crippen LogP contribution >= 0.6 is 0 Å². The predicted molar refractivity (Wildman–Crippen MR) is 61.0 cm³/mol.